The van der Waals surface area contributed by atoms with Gasteiger partial charge in [-0.2, -0.15) is 0 Å². The Morgan fingerprint density at radius 3 is 2.60 bits per heavy atom. The van der Waals surface area contributed by atoms with E-state index in [9.17, 15) is 4.79 Å². The lowest BCUT2D eigenvalue weighted by atomic mass is 10.2. The van der Waals surface area contributed by atoms with Crippen molar-refractivity contribution in [3.8, 4) is 0 Å². The zero-order chi connectivity index (χ0) is 17.6. The Morgan fingerprint density at radius 1 is 1.12 bits per heavy atom. The number of hydrogen-bond acceptors (Lipinski definition) is 6. The van der Waals surface area contributed by atoms with Crippen molar-refractivity contribution in [1.29, 1.82) is 0 Å². The van der Waals surface area contributed by atoms with Crippen molar-refractivity contribution in [2.75, 3.05) is 30.4 Å². The first-order chi connectivity index (χ1) is 12.2. The summed E-state index contributed by atoms with van der Waals surface area (Å²) in [6, 6.07) is 9.18. The van der Waals surface area contributed by atoms with Crippen molar-refractivity contribution in [1.82, 2.24) is 9.97 Å². The molecule has 0 saturated carbocycles. The van der Waals surface area contributed by atoms with Gasteiger partial charge in [0.1, 0.15) is 17.5 Å². The minimum Gasteiger partial charge on any atom is -0.465 e. The number of nitrogens with zero attached hydrogens (tertiary/aromatic N) is 3. The number of aryl methyl sites for hydroxylation is 1. The molecule has 6 nitrogen and oxygen atoms in total. The maximum atomic E-state index is 11.7. The van der Waals surface area contributed by atoms with Crippen LogP contribution < -0.4 is 10.2 Å². The lowest BCUT2D eigenvalue weighted by Gasteiger charge is -2.22. The molecular formula is C19H24N4O2. The Bertz CT molecular complexity index is 740. The Morgan fingerprint density at radius 2 is 1.88 bits per heavy atom. The summed E-state index contributed by atoms with van der Waals surface area (Å²) < 4.78 is 4.77. The van der Waals surface area contributed by atoms with E-state index in [4.69, 9.17) is 4.74 Å². The van der Waals surface area contributed by atoms with Crippen LogP contribution in [0.5, 0.6) is 0 Å². The maximum absolute atomic E-state index is 11.7. The lowest BCUT2D eigenvalue weighted by Crippen LogP contribution is -2.25. The predicted molar refractivity (Wildman–Crippen MR) is 98.5 cm³/mol. The van der Waals surface area contributed by atoms with Crippen molar-refractivity contribution < 1.29 is 9.53 Å². The van der Waals surface area contributed by atoms with Crippen LogP contribution in [0, 0.1) is 6.92 Å². The second-order valence-electron chi connectivity index (χ2n) is 6.26. The first-order valence-corrected chi connectivity index (χ1v) is 8.72. The first-order valence-electron chi connectivity index (χ1n) is 8.72. The van der Waals surface area contributed by atoms with Crippen LogP contribution in [0.1, 0.15) is 41.9 Å². The number of nitrogens with one attached hydrogen (secondary N) is 1. The van der Waals surface area contributed by atoms with E-state index < -0.39 is 0 Å². The average molecular weight is 340 g/mol. The molecule has 0 amide bonds. The fourth-order valence-electron chi connectivity index (χ4n) is 3.07. The molecule has 0 atom stereocenters. The molecule has 1 saturated heterocycles. The number of methoxy groups -OCH3 is 1. The highest BCUT2D eigenvalue weighted by molar-refractivity contribution is 5.90. The second-order valence-corrected chi connectivity index (χ2v) is 6.26. The van der Waals surface area contributed by atoms with Crippen molar-refractivity contribution in [3.05, 3.63) is 41.7 Å². The molecular weight excluding hydrogens is 316 g/mol. The minimum atomic E-state index is -0.354. The number of aromatic nitrogens is 2. The zero-order valence-corrected chi connectivity index (χ0v) is 14.8. The van der Waals surface area contributed by atoms with E-state index in [-0.39, 0.29) is 5.97 Å². The van der Waals surface area contributed by atoms with Crippen LogP contribution in [0.25, 0.3) is 0 Å². The molecule has 0 spiro atoms. The summed E-state index contributed by atoms with van der Waals surface area (Å²) in [7, 11) is 1.38. The largest absolute Gasteiger partial charge is 0.465 e. The summed E-state index contributed by atoms with van der Waals surface area (Å²) in [5, 5.41) is 3.27. The number of hydrogen-bond donors (Lipinski definition) is 1. The molecule has 0 unspecified atom stereocenters. The van der Waals surface area contributed by atoms with Gasteiger partial charge in [-0.15, -0.1) is 0 Å². The standard InChI is InChI=1S/C19H24N4O2/c1-14-20-17(13-18(21-14)23-10-5-3-4-6-11-23)22-16-9-7-8-15(12-16)19(24)25-2/h7-9,12-13H,3-6,10-11H2,1-2H3,(H,20,21,22). The highest BCUT2D eigenvalue weighted by atomic mass is 16.5. The molecule has 6 heteroatoms. The van der Waals surface area contributed by atoms with Crippen molar-refractivity contribution in [2.24, 2.45) is 0 Å². The van der Waals surface area contributed by atoms with Gasteiger partial charge in [0.05, 0.1) is 12.7 Å². The molecule has 1 aromatic heterocycles. The Kier molecular flexibility index (Phi) is 5.48. The van der Waals surface area contributed by atoms with Gasteiger partial charge in [0.25, 0.3) is 0 Å². The number of carbonyl (C=O) groups is 1. The van der Waals surface area contributed by atoms with Crippen LogP contribution in [-0.2, 0) is 4.74 Å². The number of esters is 1. The maximum Gasteiger partial charge on any atom is 0.337 e. The van der Waals surface area contributed by atoms with Gasteiger partial charge in [-0.05, 0) is 38.0 Å². The third-order valence-electron chi connectivity index (χ3n) is 4.31. The fraction of sp³-hybridized carbons (Fsp3) is 0.421. The summed E-state index contributed by atoms with van der Waals surface area (Å²) in [4.78, 5) is 23.1. The molecule has 2 aromatic rings. The second kappa shape index (κ2) is 7.96. The summed E-state index contributed by atoms with van der Waals surface area (Å²) in [5.74, 6) is 2.07. The highest BCUT2D eigenvalue weighted by Crippen LogP contribution is 2.23. The van der Waals surface area contributed by atoms with Crippen LogP contribution in [0.15, 0.2) is 30.3 Å². The van der Waals surface area contributed by atoms with E-state index in [0.29, 0.717) is 5.56 Å². The molecule has 1 aromatic carbocycles. The van der Waals surface area contributed by atoms with E-state index in [1.54, 1.807) is 12.1 Å². The van der Waals surface area contributed by atoms with Gasteiger partial charge in [0, 0.05) is 24.8 Å². The third kappa shape index (κ3) is 4.47. The van der Waals surface area contributed by atoms with Crippen LogP contribution in [0.4, 0.5) is 17.3 Å². The van der Waals surface area contributed by atoms with Gasteiger partial charge in [0.2, 0.25) is 0 Å². The normalized spacial score (nSPS) is 14.7. The molecule has 1 fully saturated rings. The molecule has 0 radical (unpaired) electrons. The smallest absolute Gasteiger partial charge is 0.337 e. The van der Waals surface area contributed by atoms with Crippen molar-refractivity contribution >= 4 is 23.3 Å². The Hall–Kier alpha value is -2.63. The van der Waals surface area contributed by atoms with Gasteiger partial charge >= 0.3 is 5.97 Å². The minimum absolute atomic E-state index is 0.354. The Labute approximate surface area is 148 Å². The van der Waals surface area contributed by atoms with Crippen LogP contribution in [0.3, 0.4) is 0 Å². The number of rotatable bonds is 4. The van der Waals surface area contributed by atoms with Crippen molar-refractivity contribution in [2.45, 2.75) is 32.6 Å². The Balaban J connectivity index is 1.82. The number of anilines is 3. The van der Waals surface area contributed by atoms with Crippen molar-refractivity contribution in [3.63, 3.8) is 0 Å². The SMILES string of the molecule is COC(=O)c1cccc(Nc2cc(N3CCCCCC3)nc(C)n2)c1. The lowest BCUT2D eigenvalue weighted by molar-refractivity contribution is 0.0601. The molecule has 3 rings (SSSR count). The summed E-state index contributed by atoms with van der Waals surface area (Å²) in [5.41, 5.74) is 1.30. The van der Waals surface area contributed by atoms with Gasteiger partial charge in [-0.3, -0.25) is 0 Å². The summed E-state index contributed by atoms with van der Waals surface area (Å²) >= 11 is 0. The van der Waals surface area contributed by atoms with Gasteiger partial charge in [-0.1, -0.05) is 18.9 Å². The zero-order valence-electron chi connectivity index (χ0n) is 14.8. The molecule has 25 heavy (non-hydrogen) atoms. The molecule has 1 aliphatic rings. The van der Waals surface area contributed by atoms with Crippen LogP contribution in [0.2, 0.25) is 0 Å². The molecule has 1 N–H and O–H groups in total. The van der Waals surface area contributed by atoms with Gasteiger partial charge in [-0.25, -0.2) is 14.8 Å². The average Bonchev–Trinajstić information content (AvgIpc) is 2.90. The highest BCUT2D eigenvalue weighted by Gasteiger charge is 2.13. The van der Waals surface area contributed by atoms with E-state index in [2.05, 4.69) is 20.2 Å². The van der Waals surface area contributed by atoms with E-state index in [1.807, 2.05) is 25.1 Å². The molecule has 2 heterocycles. The quantitative estimate of drug-likeness (QED) is 0.856. The van der Waals surface area contributed by atoms with Crippen LogP contribution in [-0.4, -0.2) is 36.1 Å². The van der Waals surface area contributed by atoms with E-state index >= 15 is 0 Å². The van der Waals surface area contributed by atoms with Gasteiger partial charge in [0.15, 0.2) is 0 Å². The summed E-state index contributed by atoms with van der Waals surface area (Å²) in [6.45, 7) is 3.97. The number of ether oxygens (including phenoxy) is 1. The van der Waals surface area contributed by atoms with Gasteiger partial charge < -0.3 is 15.0 Å². The molecule has 1 aliphatic heterocycles. The monoisotopic (exact) mass is 340 g/mol. The number of benzene rings is 1. The topological polar surface area (TPSA) is 67.3 Å². The fourth-order valence-corrected chi connectivity index (χ4v) is 3.07. The van der Waals surface area contributed by atoms with Crippen LogP contribution >= 0.6 is 0 Å². The molecule has 0 bridgehead atoms. The number of carbonyl (C=O) groups excluding carboxylic acids is 1. The first kappa shape index (κ1) is 17.2. The summed E-state index contributed by atoms with van der Waals surface area (Å²) in [6.07, 6.45) is 4.97. The molecule has 132 valence electrons. The molecule has 0 aliphatic carbocycles. The predicted octanol–water partition coefficient (Wildman–Crippen LogP) is 3.70. The van der Waals surface area contributed by atoms with E-state index in [0.717, 1.165) is 36.2 Å². The van der Waals surface area contributed by atoms with E-state index in [1.165, 1.54) is 32.8 Å². The third-order valence-corrected chi connectivity index (χ3v) is 4.31.